The van der Waals surface area contributed by atoms with Crippen molar-refractivity contribution in [2.75, 3.05) is 20.1 Å². The Hall–Kier alpha value is -3.56. The number of primary amides is 1. The van der Waals surface area contributed by atoms with Gasteiger partial charge in [-0.15, -0.1) is 0 Å². The fourth-order valence-electron chi connectivity index (χ4n) is 2.81. The third kappa shape index (κ3) is 7.60. The second-order valence-corrected chi connectivity index (χ2v) is 7.07. The van der Waals surface area contributed by atoms with Crippen LogP contribution in [0.15, 0.2) is 53.5 Å². The van der Waals surface area contributed by atoms with E-state index in [4.69, 9.17) is 5.73 Å². The molecule has 7 nitrogen and oxygen atoms in total. The average molecular weight is 449 g/mol. The lowest BCUT2D eigenvalue weighted by Crippen LogP contribution is -2.38. The standard InChI is InChI=1S/C22H26F3N5O2/c1-3-27-21(30(2)14-16-6-10-18(11-7-16)22(23,24)25)29-12-15-4-8-17(9-5-15)20(32)28-13-19(26)31/h4-11H,3,12-14H2,1-2H3,(H2,26,31)(H,27,29)(H,28,32). The van der Waals surface area contributed by atoms with Crippen LogP contribution in [0.5, 0.6) is 0 Å². The third-order valence-corrected chi connectivity index (χ3v) is 4.45. The largest absolute Gasteiger partial charge is 0.416 e. The maximum atomic E-state index is 12.7. The van der Waals surface area contributed by atoms with Crippen molar-refractivity contribution in [3.05, 3.63) is 70.8 Å². The molecule has 0 bridgehead atoms. The molecule has 0 heterocycles. The van der Waals surface area contributed by atoms with Crippen molar-refractivity contribution in [3.63, 3.8) is 0 Å². The van der Waals surface area contributed by atoms with Gasteiger partial charge in [-0.25, -0.2) is 4.99 Å². The van der Waals surface area contributed by atoms with Crippen molar-refractivity contribution in [2.45, 2.75) is 26.2 Å². The van der Waals surface area contributed by atoms with E-state index in [9.17, 15) is 22.8 Å². The second kappa shape index (κ2) is 11.2. The maximum absolute atomic E-state index is 12.7. The highest BCUT2D eigenvalue weighted by Gasteiger charge is 2.29. The van der Waals surface area contributed by atoms with E-state index in [2.05, 4.69) is 15.6 Å². The molecule has 0 unspecified atom stereocenters. The van der Waals surface area contributed by atoms with Crippen LogP contribution in [-0.2, 0) is 24.1 Å². The predicted molar refractivity (Wildman–Crippen MR) is 116 cm³/mol. The first-order valence-corrected chi connectivity index (χ1v) is 9.91. The van der Waals surface area contributed by atoms with Crippen LogP contribution in [0.2, 0.25) is 0 Å². The van der Waals surface area contributed by atoms with E-state index in [1.54, 1.807) is 31.3 Å². The van der Waals surface area contributed by atoms with E-state index in [0.717, 1.165) is 23.3 Å². The molecule has 2 aromatic rings. The van der Waals surface area contributed by atoms with E-state index < -0.39 is 23.6 Å². The number of carbonyl (C=O) groups excluding carboxylic acids is 2. The minimum absolute atomic E-state index is 0.234. The van der Waals surface area contributed by atoms with Gasteiger partial charge in [0.1, 0.15) is 0 Å². The number of nitrogens with two attached hydrogens (primary N) is 1. The smallest absolute Gasteiger partial charge is 0.368 e. The minimum Gasteiger partial charge on any atom is -0.368 e. The molecule has 0 aliphatic carbocycles. The summed E-state index contributed by atoms with van der Waals surface area (Å²) in [5, 5.41) is 5.57. The van der Waals surface area contributed by atoms with E-state index in [1.807, 2.05) is 11.8 Å². The summed E-state index contributed by atoms with van der Waals surface area (Å²) in [7, 11) is 1.80. The van der Waals surface area contributed by atoms with Crippen molar-refractivity contribution in [3.8, 4) is 0 Å². The van der Waals surface area contributed by atoms with Crippen LogP contribution >= 0.6 is 0 Å². The van der Waals surface area contributed by atoms with Gasteiger partial charge in [0.2, 0.25) is 5.91 Å². The first-order chi connectivity index (χ1) is 15.1. The van der Waals surface area contributed by atoms with Crippen LogP contribution in [-0.4, -0.2) is 42.8 Å². The highest BCUT2D eigenvalue weighted by molar-refractivity contribution is 5.96. The Bertz CT molecular complexity index is 942. The van der Waals surface area contributed by atoms with Crippen LogP contribution in [0, 0.1) is 0 Å². The second-order valence-electron chi connectivity index (χ2n) is 7.07. The number of alkyl halides is 3. The van der Waals surface area contributed by atoms with Crippen molar-refractivity contribution >= 4 is 17.8 Å². The Morgan fingerprint density at radius 3 is 2.12 bits per heavy atom. The van der Waals surface area contributed by atoms with Gasteiger partial charge in [-0.05, 0) is 42.3 Å². The fourth-order valence-corrected chi connectivity index (χ4v) is 2.81. The molecule has 0 spiro atoms. The van der Waals surface area contributed by atoms with Gasteiger partial charge in [0, 0.05) is 25.7 Å². The van der Waals surface area contributed by atoms with E-state index in [0.29, 0.717) is 31.2 Å². The van der Waals surface area contributed by atoms with Gasteiger partial charge in [-0.2, -0.15) is 13.2 Å². The zero-order valence-corrected chi connectivity index (χ0v) is 17.9. The van der Waals surface area contributed by atoms with E-state index in [1.165, 1.54) is 12.1 Å². The molecule has 0 saturated carbocycles. The lowest BCUT2D eigenvalue weighted by molar-refractivity contribution is -0.137. The Labute approximate surface area is 184 Å². The number of nitrogens with one attached hydrogen (secondary N) is 2. The molecule has 0 aromatic heterocycles. The number of hydrogen-bond donors (Lipinski definition) is 3. The molecule has 0 saturated heterocycles. The Morgan fingerprint density at radius 2 is 1.59 bits per heavy atom. The maximum Gasteiger partial charge on any atom is 0.416 e. The highest BCUT2D eigenvalue weighted by Crippen LogP contribution is 2.29. The van der Waals surface area contributed by atoms with Crippen molar-refractivity contribution in [1.82, 2.24) is 15.5 Å². The summed E-state index contributed by atoms with van der Waals surface area (Å²) in [5.74, 6) is -0.431. The normalized spacial score (nSPS) is 11.7. The molecule has 10 heteroatoms. The summed E-state index contributed by atoms with van der Waals surface area (Å²) in [5.41, 5.74) is 6.29. The number of carbonyl (C=O) groups is 2. The Balaban J connectivity index is 2.02. The summed E-state index contributed by atoms with van der Waals surface area (Å²) in [6, 6.07) is 11.8. The molecule has 2 aromatic carbocycles. The molecule has 0 atom stereocenters. The average Bonchev–Trinajstić information content (AvgIpc) is 2.75. The molecular formula is C22H26F3N5O2. The van der Waals surface area contributed by atoms with Crippen LogP contribution in [0.25, 0.3) is 0 Å². The SMILES string of the molecule is CCNC(=NCc1ccc(C(=O)NCC(N)=O)cc1)N(C)Cc1ccc(C(F)(F)F)cc1. The predicted octanol–water partition coefficient (Wildman–Crippen LogP) is 2.52. The van der Waals surface area contributed by atoms with Crippen molar-refractivity contribution in [2.24, 2.45) is 10.7 Å². The van der Waals surface area contributed by atoms with Crippen LogP contribution in [0.1, 0.15) is 34.0 Å². The van der Waals surface area contributed by atoms with Gasteiger partial charge < -0.3 is 21.3 Å². The van der Waals surface area contributed by atoms with Gasteiger partial charge >= 0.3 is 6.18 Å². The fraction of sp³-hybridized carbons (Fsp3) is 0.318. The van der Waals surface area contributed by atoms with E-state index >= 15 is 0 Å². The lowest BCUT2D eigenvalue weighted by Gasteiger charge is -2.22. The Morgan fingerprint density at radius 1 is 1.00 bits per heavy atom. The number of aliphatic imine (C=N–C) groups is 1. The number of hydrogen-bond acceptors (Lipinski definition) is 3. The lowest BCUT2D eigenvalue weighted by atomic mass is 10.1. The molecule has 0 fully saturated rings. The minimum atomic E-state index is -4.36. The molecule has 4 N–H and O–H groups in total. The molecule has 32 heavy (non-hydrogen) atoms. The van der Waals surface area contributed by atoms with Crippen LogP contribution in [0.4, 0.5) is 13.2 Å². The highest BCUT2D eigenvalue weighted by atomic mass is 19.4. The topological polar surface area (TPSA) is 99.8 Å². The zero-order valence-electron chi connectivity index (χ0n) is 17.9. The number of amides is 2. The molecule has 2 amide bonds. The molecule has 2 rings (SSSR count). The van der Waals surface area contributed by atoms with Crippen LogP contribution in [0.3, 0.4) is 0 Å². The summed E-state index contributed by atoms with van der Waals surface area (Å²) >= 11 is 0. The van der Waals surface area contributed by atoms with Gasteiger partial charge in [-0.1, -0.05) is 24.3 Å². The zero-order chi connectivity index (χ0) is 23.7. The van der Waals surface area contributed by atoms with Gasteiger partial charge in [0.15, 0.2) is 5.96 Å². The first-order valence-electron chi connectivity index (χ1n) is 9.91. The van der Waals surface area contributed by atoms with Gasteiger partial charge in [-0.3, -0.25) is 9.59 Å². The summed E-state index contributed by atoms with van der Waals surface area (Å²) in [6.07, 6.45) is -4.36. The molecular weight excluding hydrogens is 423 g/mol. The number of guanidine groups is 1. The summed E-state index contributed by atoms with van der Waals surface area (Å²) in [4.78, 5) is 29.1. The molecule has 0 aliphatic rings. The van der Waals surface area contributed by atoms with Gasteiger partial charge in [0.05, 0.1) is 18.7 Å². The quantitative estimate of drug-likeness (QED) is 0.426. The third-order valence-electron chi connectivity index (χ3n) is 4.45. The molecule has 172 valence electrons. The van der Waals surface area contributed by atoms with Crippen molar-refractivity contribution in [1.29, 1.82) is 0 Å². The summed E-state index contributed by atoms with van der Waals surface area (Å²) in [6.45, 7) is 3.02. The number of rotatable bonds is 8. The molecule has 0 radical (unpaired) electrons. The monoisotopic (exact) mass is 449 g/mol. The van der Waals surface area contributed by atoms with Crippen LogP contribution < -0.4 is 16.4 Å². The van der Waals surface area contributed by atoms with E-state index in [-0.39, 0.29) is 6.54 Å². The Kier molecular flexibility index (Phi) is 8.62. The summed E-state index contributed by atoms with van der Waals surface area (Å²) < 4.78 is 38.2. The van der Waals surface area contributed by atoms with Crippen molar-refractivity contribution < 1.29 is 22.8 Å². The first kappa shape index (κ1) is 24.7. The number of nitrogens with zero attached hydrogens (tertiary/aromatic N) is 2. The number of halogens is 3. The van der Waals surface area contributed by atoms with Gasteiger partial charge in [0.25, 0.3) is 5.91 Å². The molecule has 0 aliphatic heterocycles. The number of benzene rings is 2.